The highest BCUT2D eigenvalue weighted by molar-refractivity contribution is 5.78. The van der Waals surface area contributed by atoms with E-state index in [2.05, 4.69) is 0 Å². The van der Waals surface area contributed by atoms with Crippen LogP contribution in [0.1, 0.15) is 37.6 Å². The number of hydrogen-bond acceptors (Lipinski definition) is 4. The van der Waals surface area contributed by atoms with Gasteiger partial charge in [0.1, 0.15) is 6.29 Å². The molecule has 0 aliphatic rings. The molecular formula is C14H18O4. The molecule has 0 radical (unpaired) electrons. The molecule has 4 heteroatoms. The maximum Gasteiger partial charge on any atom is 0.311 e. The average Bonchev–Trinajstić information content (AvgIpc) is 2.30. The molecule has 1 aromatic carbocycles. The summed E-state index contributed by atoms with van der Waals surface area (Å²) >= 11 is 0. The first-order chi connectivity index (χ1) is 8.56. The Morgan fingerprint density at radius 1 is 1.33 bits per heavy atom. The summed E-state index contributed by atoms with van der Waals surface area (Å²) in [5.41, 5.74) is 0.488. The van der Waals surface area contributed by atoms with Crippen molar-refractivity contribution in [2.24, 2.45) is 5.92 Å². The highest BCUT2D eigenvalue weighted by Gasteiger charge is 2.12. The quantitative estimate of drug-likeness (QED) is 0.442. The lowest BCUT2D eigenvalue weighted by molar-refractivity contribution is -0.135. The Kier molecular flexibility index (Phi) is 5.36. The molecule has 0 unspecified atom stereocenters. The Balaban J connectivity index is 2.86. The van der Waals surface area contributed by atoms with Gasteiger partial charge in [-0.2, -0.15) is 0 Å². The predicted molar refractivity (Wildman–Crippen MR) is 68.1 cm³/mol. The number of carbonyl (C=O) groups is 2. The van der Waals surface area contributed by atoms with Gasteiger partial charge < -0.3 is 9.47 Å². The topological polar surface area (TPSA) is 52.6 Å². The van der Waals surface area contributed by atoms with Gasteiger partial charge in [0.05, 0.1) is 6.61 Å². The molecule has 0 aliphatic heterocycles. The number of benzene rings is 1. The lowest BCUT2D eigenvalue weighted by Crippen LogP contribution is -2.11. The minimum atomic E-state index is -0.301. The number of carbonyl (C=O) groups excluding carboxylic acids is 2. The summed E-state index contributed by atoms with van der Waals surface area (Å²) in [5.74, 6) is 0.708. The first-order valence-electron chi connectivity index (χ1n) is 5.99. The number of aldehydes is 1. The molecule has 0 N–H and O–H groups in total. The van der Waals surface area contributed by atoms with E-state index in [-0.39, 0.29) is 11.9 Å². The van der Waals surface area contributed by atoms with Crippen LogP contribution in [0.2, 0.25) is 0 Å². The van der Waals surface area contributed by atoms with E-state index in [1.54, 1.807) is 18.2 Å². The Morgan fingerprint density at radius 3 is 2.61 bits per heavy atom. The van der Waals surface area contributed by atoms with E-state index >= 15 is 0 Å². The highest BCUT2D eigenvalue weighted by Crippen LogP contribution is 2.28. The van der Waals surface area contributed by atoms with Crippen molar-refractivity contribution in [1.82, 2.24) is 0 Å². The van der Waals surface area contributed by atoms with Crippen LogP contribution in [0.5, 0.6) is 11.5 Å². The fourth-order valence-electron chi connectivity index (χ4n) is 1.45. The van der Waals surface area contributed by atoms with Gasteiger partial charge >= 0.3 is 5.97 Å². The molecule has 1 rings (SSSR count). The first kappa shape index (κ1) is 14.2. The van der Waals surface area contributed by atoms with Crippen molar-refractivity contribution >= 4 is 12.3 Å². The highest BCUT2D eigenvalue weighted by atomic mass is 16.6. The van der Waals surface area contributed by atoms with Crippen LogP contribution >= 0.6 is 0 Å². The summed E-state index contributed by atoms with van der Waals surface area (Å²) in [6.07, 6.45) is 1.07. The Bertz CT molecular complexity index is 424. The Hall–Kier alpha value is -1.84. The van der Waals surface area contributed by atoms with E-state index in [1.807, 2.05) is 20.8 Å². The van der Waals surface area contributed by atoms with E-state index in [1.165, 1.54) is 0 Å². The maximum absolute atomic E-state index is 11.6. The monoisotopic (exact) mass is 250 g/mol. The standard InChI is InChI=1S/C14H18O4/c1-4-17-13-8-11(9-15)5-6-12(13)18-14(16)7-10(2)3/h5-6,8-10H,4,7H2,1-3H3. The summed E-state index contributed by atoms with van der Waals surface area (Å²) in [4.78, 5) is 22.3. The van der Waals surface area contributed by atoms with Gasteiger partial charge in [0.25, 0.3) is 0 Å². The fraction of sp³-hybridized carbons (Fsp3) is 0.429. The molecule has 0 aliphatic carbocycles. The third kappa shape index (κ3) is 4.20. The van der Waals surface area contributed by atoms with Crippen LogP contribution < -0.4 is 9.47 Å². The Labute approximate surface area is 107 Å². The van der Waals surface area contributed by atoms with Crippen molar-refractivity contribution in [2.75, 3.05) is 6.61 Å². The normalized spacial score (nSPS) is 10.2. The van der Waals surface area contributed by atoms with Crippen LogP contribution in [0.3, 0.4) is 0 Å². The SMILES string of the molecule is CCOc1cc(C=O)ccc1OC(=O)CC(C)C. The smallest absolute Gasteiger partial charge is 0.311 e. The molecule has 4 nitrogen and oxygen atoms in total. The van der Waals surface area contributed by atoms with Gasteiger partial charge in [-0.25, -0.2) is 0 Å². The predicted octanol–water partition coefficient (Wildman–Crippen LogP) is 2.85. The first-order valence-corrected chi connectivity index (χ1v) is 5.99. The van der Waals surface area contributed by atoms with Gasteiger partial charge in [-0.1, -0.05) is 13.8 Å². The van der Waals surface area contributed by atoms with E-state index in [0.29, 0.717) is 30.1 Å². The van der Waals surface area contributed by atoms with E-state index in [9.17, 15) is 9.59 Å². The van der Waals surface area contributed by atoms with Crippen molar-refractivity contribution in [2.45, 2.75) is 27.2 Å². The van der Waals surface area contributed by atoms with Gasteiger partial charge in [0.2, 0.25) is 0 Å². The van der Waals surface area contributed by atoms with Crippen molar-refractivity contribution in [1.29, 1.82) is 0 Å². The van der Waals surface area contributed by atoms with Gasteiger partial charge in [-0.15, -0.1) is 0 Å². The molecule has 0 bridgehead atoms. The molecule has 0 spiro atoms. The van der Waals surface area contributed by atoms with Gasteiger partial charge in [-0.05, 0) is 31.0 Å². The molecular weight excluding hydrogens is 232 g/mol. The molecule has 0 aromatic heterocycles. The zero-order valence-electron chi connectivity index (χ0n) is 10.9. The average molecular weight is 250 g/mol. The lowest BCUT2D eigenvalue weighted by atomic mass is 10.1. The number of esters is 1. The van der Waals surface area contributed by atoms with Crippen molar-refractivity contribution in [3.05, 3.63) is 23.8 Å². The van der Waals surface area contributed by atoms with Crippen LogP contribution in [-0.2, 0) is 4.79 Å². The van der Waals surface area contributed by atoms with Gasteiger partial charge in [-0.3, -0.25) is 9.59 Å². The van der Waals surface area contributed by atoms with Gasteiger partial charge in [0.15, 0.2) is 11.5 Å². The van der Waals surface area contributed by atoms with Crippen LogP contribution in [-0.4, -0.2) is 18.9 Å². The Morgan fingerprint density at radius 2 is 2.06 bits per heavy atom. The van der Waals surface area contributed by atoms with E-state index in [0.717, 1.165) is 6.29 Å². The van der Waals surface area contributed by atoms with Crippen molar-refractivity contribution in [3.8, 4) is 11.5 Å². The summed E-state index contributed by atoms with van der Waals surface area (Å²) < 4.78 is 10.6. The molecule has 0 heterocycles. The maximum atomic E-state index is 11.6. The van der Waals surface area contributed by atoms with Crippen molar-refractivity contribution < 1.29 is 19.1 Å². The molecule has 18 heavy (non-hydrogen) atoms. The van der Waals surface area contributed by atoms with Crippen LogP contribution in [0.25, 0.3) is 0 Å². The zero-order chi connectivity index (χ0) is 13.5. The third-order valence-corrected chi connectivity index (χ3v) is 2.20. The van der Waals surface area contributed by atoms with Crippen LogP contribution in [0, 0.1) is 5.92 Å². The van der Waals surface area contributed by atoms with Gasteiger partial charge in [0, 0.05) is 12.0 Å². The summed E-state index contributed by atoms with van der Waals surface area (Å²) in [6, 6.07) is 4.73. The summed E-state index contributed by atoms with van der Waals surface area (Å²) in [6.45, 7) is 6.16. The van der Waals surface area contributed by atoms with E-state index in [4.69, 9.17) is 9.47 Å². The largest absolute Gasteiger partial charge is 0.490 e. The molecule has 0 fully saturated rings. The second-order valence-electron chi connectivity index (χ2n) is 4.33. The van der Waals surface area contributed by atoms with Crippen LogP contribution in [0.4, 0.5) is 0 Å². The molecule has 0 atom stereocenters. The number of hydrogen-bond donors (Lipinski definition) is 0. The third-order valence-electron chi connectivity index (χ3n) is 2.20. The molecule has 0 saturated heterocycles. The summed E-state index contributed by atoms with van der Waals surface area (Å²) in [5, 5.41) is 0. The molecule has 98 valence electrons. The minimum absolute atomic E-state index is 0.238. The molecule has 1 aromatic rings. The van der Waals surface area contributed by atoms with E-state index < -0.39 is 0 Å². The molecule has 0 amide bonds. The molecule has 0 saturated carbocycles. The number of ether oxygens (including phenoxy) is 2. The lowest BCUT2D eigenvalue weighted by Gasteiger charge is -2.11. The zero-order valence-corrected chi connectivity index (χ0v) is 10.9. The number of rotatable bonds is 6. The minimum Gasteiger partial charge on any atom is -0.490 e. The van der Waals surface area contributed by atoms with Crippen LogP contribution in [0.15, 0.2) is 18.2 Å². The summed E-state index contributed by atoms with van der Waals surface area (Å²) in [7, 11) is 0. The van der Waals surface area contributed by atoms with Crippen molar-refractivity contribution in [3.63, 3.8) is 0 Å². The second kappa shape index (κ2) is 6.79. The second-order valence-corrected chi connectivity index (χ2v) is 4.33. The fourth-order valence-corrected chi connectivity index (χ4v) is 1.45.